The summed E-state index contributed by atoms with van der Waals surface area (Å²) < 4.78 is 39.9. The van der Waals surface area contributed by atoms with Crippen LogP contribution >= 0.6 is 0 Å². The molecule has 28 heavy (non-hydrogen) atoms. The predicted octanol–water partition coefficient (Wildman–Crippen LogP) is 3.28. The van der Waals surface area contributed by atoms with Crippen LogP contribution in [0, 0.1) is 11.7 Å². The number of hydrogen-bond acceptors (Lipinski definition) is 3. The quantitative estimate of drug-likeness (QED) is 0.743. The van der Waals surface area contributed by atoms with E-state index in [-0.39, 0.29) is 16.7 Å². The van der Waals surface area contributed by atoms with Gasteiger partial charge in [-0.2, -0.15) is 4.31 Å². The first-order valence-electron chi connectivity index (χ1n) is 9.50. The summed E-state index contributed by atoms with van der Waals surface area (Å²) in [6.07, 6.45) is 0.981. The molecule has 1 saturated heterocycles. The van der Waals surface area contributed by atoms with Crippen LogP contribution in [0.2, 0.25) is 0 Å². The molecule has 0 unspecified atom stereocenters. The van der Waals surface area contributed by atoms with Crippen molar-refractivity contribution in [2.75, 3.05) is 19.6 Å². The summed E-state index contributed by atoms with van der Waals surface area (Å²) in [5, 5.41) is 0. The van der Waals surface area contributed by atoms with Crippen molar-refractivity contribution in [1.29, 1.82) is 0 Å². The molecule has 0 spiro atoms. The lowest BCUT2D eigenvalue weighted by Gasteiger charge is -2.33. The Labute approximate surface area is 165 Å². The van der Waals surface area contributed by atoms with Gasteiger partial charge < -0.3 is 4.90 Å². The standard InChI is InChI=1S/C21H25FN2O3S/c1-2-23(16-17-6-4-3-5-7-17)21(25)18-12-14-24(15-13-18)28(26,27)20-10-8-19(22)9-11-20/h3-11,18H,2,12-16H2,1H3. The molecule has 3 rings (SSSR count). The SMILES string of the molecule is CCN(Cc1ccccc1)C(=O)C1CCN(S(=O)(=O)c2ccc(F)cc2)CC1. The number of carbonyl (C=O) groups is 1. The van der Waals surface area contributed by atoms with Gasteiger partial charge >= 0.3 is 0 Å². The van der Waals surface area contributed by atoms with Crippen LogP contribution in [0.3, 0.4) is 0 Å². The maximum absolute atomic E-state index is 13.1. The van der Waals surface area contributed by atoms with Gasteiger partial charge in [-0.3, -0.25) is 4.79 Å². The molecule has 1 amide bonds. The predicted molar refractivity (Wildman–Crippen MR) is 105 cm³/mol. The van der Waals surface area contributed by atoms with Crippen LogP contribution in [0.1, 0.15) is 25.3 Å². The highest BCUT2D eigenvalue weighted by molar-refractivity contribution is 7.89. The number of sulfonamides is 1. The minimum absolute atomic E-state index is 0.0742. The van der Waals surface area contributed by atoms with E-state index >= 15 is 0 Å². The molecule has 1 aliphatic heterocycles. The lowest BCUT2D eigenvalue weighted by Crippen LogP contribution is -2.44. The van der Waals surface area contributed by atoms with Gasteiger partial charge in [-0.1, -0.05) is 30.3 Å². The number of hydrogen-bond donors (Lipinski definition) is 0. The zero-order chi connectivity index (χ0) is 20.1. The number of nitrogens with zero attached hydrogens (tertiary/aromatic N) is 2. The van der Waals surface area contributed by atoms with E-state index in [0.717, 1.165) is 17.7 Å². The van der Waals surface area contributed by atoms with Gasteiger partial charge in [0.05, 0.1) is 4.90 Å². The van der Waals surface area contributed by atoms with Crippen LogP contribution in [0.25, 0.3) is 0 Å². The number of amides is 1. The Morgan fingerprint density at radius 3 is 2.25 bits per heavy atom. The molecule has 0 N–H and O–H groups in total. The van der Waals surface area contributed by atoms with Crippen molar-refractivity contribution in [3.05, 3.63) is 66.0 Å². The van der Waals surface area contributed by atoms with E-state index in [1.165, 1.54) is 16.4 Å². The van der Waals surface area contributed by atoms with Crippen LogP contribution in [-0.4, -0.2) is 43.2 Å². The summed E-state index contributed by atoms with van der Waals surface area (Å²) in [6, 6.07) is 14.7. The van der Waals surface area contributed by atoms with Crippen molar-refractivity contribution < 1.29 is 17.6 Å². The topological polar surface area (TPSA) is 57.7 Å². The monoisotopic (exact) mass is 404 g/mol. The Kier molecular flexibility index (Phi) is 6.46. The zero-order valence-electron chi connectivity index (χ0n) is 15.9. The van der Waals surface area contributed by atoms with Crippen LogP contribution < -0.4 is 0 Å². The van der Waals surface area contributed by atoms with Gasteiger partial charge in [0.15, 0.2) is 0 Å². The van der Waals surface area contributed by atoms with Crippen molar-refractivity contribution in [2.24, 2.45) is 5.92 Å². The van der Waals surface area contributed by atoms with Crippen molar-refractivity contribution in [2.45, 2.75) is 31.2 Å². The van der Waals surface area contributed by atoms with Gasteiger partial charge in [0.2, 0.25) is 15.9 Å². The lowest BCUT2D eigenvalue weighted by molar-refractivity contribution is -0.137. The smallest absolute Gasteiger partial charge is 0.243 e. The Morgan fingerprint density at radius 1 is 1.07 bits per heavy atom. The fourth-order valence-corrected chi connectivity index (χ4v) is 4.98. The minimum Gasteiger partial charge on any atom is -0.338 e. The average Bonchev–Trinajstić information content (AvgIpc) is 2.72. The highest BCUT2D eigenvalue weighted by Gasteiger charge is 2.33. The number of rotatable bonds is 6. The molecular formula is C21H25FN2O3S. The average molecular weight is 405 g/mol. The van der Waals surface area contributed by atoms with E-state index in [2.05, 4.69) is 0 Å². The Balaban J connectivity index is 1.62. The third-order valence-corrected chi connectivity index (χ3v) is 7.08. The van der Waals surface area contributed by atoms with Gasteiger partial charge in [0.1, 0.15) is 5.82 Å². The fraction of sp³-hybridized carbons (Fsp3) is 0.381. The van der Waals surface area contributed by atoms with Crippen molar-refractivity contribution in [3.63, 3.8) is 0 Å². The van der Waals surface area contributed by atoms with Crippen LogP contribution in [0.15, 0.2) is 59.5 Å². The molecule has 1 aliphatic rings. The van der Waals surface area contributed by atoms with Crippen molar-refractivity contribution >= 4 is 15.9 Å². The number of halogens is 1. The largest absolute Gasteiger partial charge is 0.338 e. The highest BCUT2D eigenvalue weighted by atomic mass is 32.2. The number of piperidine rings is 1. The summed E-state index contributed by atoms with van der Waals surface area (Å²) in [4.78, 5) is 14.8. The maximum Gasteiger partial charge on any atom is 0.243 e. The molecule has 0 aliphatic carbocycles. The summed E-state index contributed by atoms with van der Waals surface area (Å²) >= 11 is 0. The first kappa shape index (κ1) is 20.5. The maximum atomic E-state index is 13.1. The van der Waals surface area contributed by atoms with Gasteiger partial charge in [-0.05, 0) is 49.6 Å². The Bertz CT molecular complexity index is 893. The van der Waals surface area contributed by atoms with E-state index < -0.39 is 15.8 Å². The number of carbonyl (C=O) groups excluding carboxylic acids is 1. The first-order valence-corrected chi connectivity index (χ1v) is 10.9. The molecule has 0 bridgehead atoms. The van der Waals surface area contributed by atoms with Gasteiger partial charge in [0, 0.05) is 32.1 Å². The van der Waals surface area contributed by atoms with Crippen molar-refractivity contribution in [3.8, 4) is 0 Å². The third-order valence-electron chi connectivity index (χ3n) is 5.16. The van der Waals surface area contributed by atoms with E-state index in [9.17, 15) is 17.6 Å². The molecule has 2 aromatic carbocycles. The lowest BCUT2D eigenvalue weighted by atomic mass is 9.96. The van der Waals surface area contributed by atoms with E-state index in [1.54, 1.807) is 0 Å². The van der Waals surface area contributed by atoms with E-state index in [1.807, 2.05) is 42.2 Å². The van der Waals surface area contributed by atoms with Gasteiger partial charge in [-0.15, -0.1) is 0 Å². The van der Waals surface area contributed by atoms with Crippen LogP contribution in [0.5, 0.6) is 0 Å². The molecule has 0 radical (unpaired) electrons. The minimum atomic E-state index is -3.66. The Morgan fingerprint density at radius 2 is 1.68 bits per heavy atom. The normalized spacial score (nSPS) is 16.1. The fourth-order valence-electron chi connectivity index (χ4n) is 3.51. The second-order valence-corrected chi connectivity index (χ2v) is 8.91. The second-order valence-electron chi connectivity index (χ2n) is 6.97. The molecular weight excluding hydrogens is 379 g/mol. The molecule has 0 aromatic heterocycles. The zero-order valence-corrected chi connectivity index (χ0v) is 16.7. The first-order chi connectivity index (χ1) is 13.4. The summed E-state index contributed by atoms with van der Waals surface area (Å²) in [5.74, 6) is -0.574. The van der Waals surface area contributed by atoms with E-state index in [0.29, 0.717) is 39.0 Å². The second kappa shape index (κ2) is 8.84. The Hall–Kier alpha value is -2.25. The molecule has 0 saturated carbocycles. The molecule has 2 aromatic rings. The van der Waals surface area contributed by atoms with Crippen LogP contribution in [0.4, 0.5) is 4.39 Å². The van der Waals surface area contributed by atoms with Gasteiger partial charge in [-0.25, -0.2) is 12.8 Å². The summed E-state index contributed by atoms with van der Waals surface area (Å²) in [6.45, 7) is 3.71. The summed E-state index contributed by atoms with van der Waals surface area (Å²) in [7, 11) is -3.66. The number of benzene rings is 2. The summed E-state index contributed by atoms with van der Waals surface area (Å²) in [5.41, 5.74) is 1.08. The molecule has 1 heterocycles. The molecule has 150 valence electrons. The highest BCUT2D eigenvalue weighted by Crippen LogP contribution is 2.25. The molecule has 5 nitrogen and oxygen atoms in total. The van der Waals surface area contributed by atoms with E-state index in [4.69, 9.17) is 0 Å². The molecule has 0 atom stereocenters. The molecule has 7 heteroatoms. The van der Waals surface area contributed by atoms with Crippen LogP contribution in [-0.2, 0) is 21.4 Å². The van der Waals surface area contributed by atoms with Crippen molar-refractivity contribution in [1.82, 2.24) is 9.21 Å². The molecule has 1 fully saturated rings. The third kappa shape index (κ3) is 4.59. The van der Waals surface area contributed by atoms with Gasteiger partial charge in [0.25, 0.3) is 0 Å².